The second-order valence-corrected chi connectivity index (χ2v) is 6.16. The van der Waals surface area contributed by atoms with Crippen LogP contribution in [0.4, 0.5) is 0 Å². The first-order chi connectivity index (χ1) is 9.07. The molecule has 1 aromatic heterocycles. The van der Waals surface area contributed by atoms with E-state index in [0.717, 1.165) is 55.6 Å². The van der Waals surface area contributed by atoms with Crippen molar-refractivity contribution in [1.29, 1.82) is 0 Å². The molecular weight excluding hydrogens is 310 g/mol. The zero-order valence-electron chi connectivity index (χ0n) is 11.2. The maximum absolute atomic E-state index is 11.5. The van der Waals surface area contributed by atoms with E-state index in [1.807, 2.05) is 6.07 Å². The van der Waals surface area contributed by atoms with Crippen molar-refractivity contribution >= 4 is 21.9 Å². The molecule has 2 heterocycles. The van der Waals surface area contributed by atoms with E-state index in [1.165, 1.54) is 0 Å². The van der Waals surface area contributed by atoms with E-state index in [9.17, 15) is 9.90 Å². The molecule has 1 aliphatic heterocycles. The lowest BCUT2D eigenvalue weighted by atomic mass is 9.75. The van der Waals surface area contributed by atoms with Gasteiger partial charge in [0.15, 0.2) is 0 Å². The zero-order chi connectivity index (χ0) is 13.9. The van der Waals surface area contributed by atoms with E-state index in [2.05, 4.69) is 27.8 Å². The van der Waals surface area contributed by atoms with Gasteiger partial charge >= 0.3 is 5.97 Å². The van der Waals surface area contributed by atoms with Gasteiger partial charge < -0.3 is 9.52 Å². The second kappa shape index (κ2) is 6.09. The van der Waals surface area contributed by atoms with Crippen LogP contribution in [0.5, 0.6) is 0 Å². The molecule has 0 aromatic carbocycles. The Morgan fingerprint density at radius 3 is 2.68 bits per heavy atom. The number of likely N-dealkylation sites (tertiary alicyclic amines) is 1. The van der Waals surface area contributed by atoms with Crippen LogP contribution in [0, 0.1) is 5.41 Å². The van der Waals surface area contributed by atoms with Crippen molar-refractivity contribution in [2.75, 3.05) is 13.1 Å². The summed E-state index contributed by atoms with van der Waals surface area (Å²) in [4.78, 5) is 13.8. The quantitative estimate of drug-likeness (QED) is 0.898. The Kier molecular flexibility index (Phi) is 4.68. The lowest BCUT2D eigenvalue weighted by molar-refractivity contribution is -0.152. The van der Waals surface area contributed by atoms with Gasteiger partial charge in [-0.2, -0.15) is 0 Å². The van der Waals surface area contributed by atoms with Crippen molar-refractivity contribution < 1.29 is 14.3 Å². The highest BCUT2D eigenvalue weighted by Gasteiger charge is 2.40. The molecule has 1 saturated heterocycles. The van der Waals surface area contributed by atoms with Crippen LogP contribution in [0.1, 0.15) is 38.4 Å². The van der Waals surface area contributed by atoms with E-state index in [-0.39, 0.29) is 0 Å². The number of nitrogens with zero attached hydrogens (tertiary/aromatic N) is 1. The summed E-state index contributed by atoms with van der Waals surface area (Å²) in [7, 11) is 0. The standard InChI is InChI=1S/C14H20BrNO3/c1-2-4-14(13(17)18)5-7-16(8-6-14)10-12-11(15)3-9-19-12/h3,9H,2,4-8,10H2,1H3,(H,17,18). The minimum Gasteiger partial charge on any atom is -0.481 e. The zero-order valence-corrected chi connectivity index (χ0v) is 12.8. The average Bonchev–Trinajstić information content (AvgIpc) is 2.78. The number of hydrogen-bond donors (Lipinski definition) is 1. The molecule has 5 heteroatoms. The minimum absolute atomic E-state index is 0.508. The van der Waals surface area contributed by atoms with Gasteiger partial charge in [-0.1, -0.05) is 13.3 Å². The summed E-state index contributed by atoms with van der Waals surface area (Å²) in [6.45, 7) is 4.44. The largest absolute Gasteiger partial charge is 0.481 e. The molecule has 1 fully saturated rings. The number of halogens is 1. The third-order valence-corrected chi connectivity index (χ3v) is 4.76. The van der Waals surface area contributed by atoms with Gasteiger partial charge in [0.1, 0.15) is 5.76 Å². The van der Waals surface area contributed by atoms with Crippen LogP contribution in [-0.2, 0) is 11.3 Å². The Hall–Kier alpha value is -0.810. The van der Waals surface area contributed by atoms with Gasteiger partial charge in [-0.15, -0.1) is 0 Å². The van der Waals surface area contributed by atoms with E-state index in [1.54, 1.807) is 6.26 Å². The first-order valence-electron chi connectivity index (χ1n) is 6.75. The highest BCUT2D eigenvalue weighted by atomic mass is 79.9. The van der Waals surface area contributed by atoms with Gasteiger partial charge in [-0.3, -0.25) is 9.69 Å². The monoisotopic (exact) mass is 329 g/mol. The maximum Gasteiger partial charge on any atom is 0.309 e. The summed E-state index contributed by atoms with van der Waals surface area (Å²) in [6.07, 6.45) is 4.83. The normalized spacial score (nSPS) is 19.5. The Bertz CT molecular complexity index is 436. The molecule has 1 N–H and O–H groups in total. The molecular formula is C14H20BrNO3. The fraction of sp³-hybridized carbons (Fsp3) is 0.643. The Labute approximate surface area is 121 Å². The van der Waals surface area contributed by atoms with Gasteiger partial charge in [0, 0.05) is 0 Å². The van der Waals surface area contributed by atoms with Crippen LogP contribution in [0.25, 0.3) is 0 Å². The van der Waals surface area contributed by atoms with E-state index < -0.39 is 11.4 Å². The SMILES string of the molecule is CCCC1(C(=O)O)CCN(Cc2occc2Br)CC1. The third-order valence-electron chi connectivity index (χ3n) is 4.05. The number of rotatable bonds is 5. The van der Waals surface area contributed by atoms with Crippen molar-refractivity contribution in [2.45, 2.75) is 39.2 Å². The molecule has 2 rings (SSSR count). The Balaban J connectivity index is 1.94. The molecule has 106 valence electrons. The summed E-state index contributed by atoms with van der Waals surface area (Å²) in [5.41, 5.74) is -0.508. The van der Waals surface area contributed by atoms with Gasteiger partial charge in [0.25, 0.3) is 0 Å². The van der Waals surface area contributed by atoms with Crippen LogP contribution in [0.15, 0.2) is 21.2 Å². The van der Waals surface area contributed by atoms with E-state index in [0.29, 0.717) is 0 Å². The molecule has 0 saturated carbocycles. The summed E-state index contributed by atoms with van der Waals surface area (Å²) < 4.78 is 6.39. The number of piperidine rings is 1. The number of carboxylic acids is 1. The number of hydrogen-bond acceptors (Lipinski definition) is 3. The lowest BCUT2D eigenvalue weighted by Crippen LogP contribution is -2.44. The fourth-order valence-electron chi connectivity index (χ4n) is 2.83. The van der Waals surface area contributed by atoms with Crippen LogP contribution in [0.2, 0.25) is 0 Å². The van der Waals surface area contributed by atoms with Crippen LogP contribution < -0.4 is 0 Å². The first kappa shape index (κ1) is 14.6. The molecule has 0 spiro atoms. The van der Waals surface area contributed by atoms with E-state index in [4.69, 9.17) is 4.42 Å². The van der Waals surface area contributed by atoms with Gasteiger partial charge in [0.2, 0.25) is 0 Å². The van der Waals surface area contributed by atoms with Crippen molar-refractivity contribution in [2.24, 2.45) is 5.41 Å². The maximum atomic E-state index is 11.5. The number of carboxylic acid groups (broad SMARTS) is 1. The van der Waals surface area contributed by atoms with Gasteiger partial charge in [0.05, 0.1) is 22.7 Å². The molecule has 0 bridgehead atoms. The molecule has 0 radical (unpaired) electrons. The van der Waals surface area contributed by atoms with Gasteiger partial charge in [-0.05, 0) is 54.3 Å². The van der Waals surface area contributed by atoms with Crippen molar-refractivity contribution in [1.82, 2.24) is 4.90 Å². The summed E-state index contributed by atoms with van der Waals surface area (Å²) >= 11 is 3.45. The lowest BCUT2D eigenvalue weighted by Gasteiger charge is -2.38. The first-order valence-corrected chi connectivity index (χ1v) is 7.54. The molecule has 4 nitrogen and oxygen atoms in total. The highest BCUT2D eigenvalue weighted by Crippen LogP contribution is 2.37. The summed E-state index contributed by atoms with van der Waals surface area (Å²) in [6, 6.07) is 1.89. The molecule has 19 heavy (non-hydrogen) atoms. The molecule has 1 aromatic rings. The minimum atomic E-state index is -0.631. The predicted octanol–water partition coefficient (Wildman–Crippen LogP) is 3.51. The fourth-order valence-corrected chi connectivity index (χ4v) is 3.16. The van der Waals surface area contributed by atoms with E-state index >= 15 is 0 Å². The van der Waals surface area contributed by atoms with Gasteiger partial charge in [-0.25, -0.2) is 0 Å². The molecule has 0 aliphatic carbocycles. The number of carbonyl (C=O) groups is 1. The molecule has 0 atom stereocenters. The van der Waals surface area contributed by atoms with Crippen molar-refractivity contribution in [3.8, 4) is 0 Å². The summed E-state index contributed by atoms with van der Waals surface area (Å²) in [5.74, 6) is 0.284. The van der Waals surface area contributed by atoms with Crippen molar-refractivity contribution in [3.63, 3.8) is 0 Å². The van der Waals surface area contributed by atoms with Crippen LogP contribution in [-0.4, -0.2) is 29.1 Å². The number of aliphatic carboxylic acids is 1. The highest BCUT2D eigenvalue weighted by molar-refractivity contribution is 9.10. The Morgan fingerprint density at radius 2 is 2.21 bits per heavy atom. The topological polar surface area (TPSA) is 53.7 Å². The molecule has 1 aliphatic rings. The number of furan rings is 1. The third kappa shape index (κ3) is 3.20. The van der Waals surface area contributed by atoms with Crippen LogP contribution >= 0.6 is 15.9 Å². The molecule has 0 unspecified atom stereocenters. The summed E-state index contributed by atoms with van der Waals surface area (Å²) in [5, 5.41) is 9.46. The smallest absolute Gasteiger partial charge is 0.309 e. The Morgan fingerprint density at radius 1 is 1.53 bits per heavy atom. The second-order valence-electron chi connectivity index (χ2n) is 5.30. The average molecular weight is 330 g/mol. The molecule has 0 amide bonds. The predicted molar refractivity (Wildman–Crippen MR) is 75.9 cm³/mol. The van der Waals surface area contributed by atoms with Crippen molar-refractivity contribution in [3.05, 3.63) is 22.6 Å². The van der Waals surface area contributed by atoms with Crippen LogP contribution in [0.3, 0.4) is 0 Å².